The smallest absolute Gasteiger partial charge is 0.253 e. The van der Waals surface area contributed by atoms with Gasteiger partial charge in [0.15, 0.2) is 0 Å². The van der Waals surface area contributed by atoms with Crippen molar-refractivity contribution >= 4 is 12.2 Å². The van der Waals surface area contributed by atoms with E-state index in [4.69, 9.17) is 0 Å². The fraction of sp³-hybridized carbons (Fsp3) is 0. The fourth-order valence-corrected chi connectivity index (χ4v) is 1.56. The number of rotatable bonds is 4. The molecule has 4 nitrogen and oxygen atoms in total. The van der Waals surface area contributed by atoms with Crippen LogP contribution in [0.2, 0.25) is 0 Å². The first kappa shape index (κ1) is 13.5. The first-order valence-corrected chi connectivity index (χ1v) is 6.15. The highest BCUT2D eigenvalue weighted by Gasteiger charge is 1.98. The number of hydrogen-bond acceptors (Lipinski definition) is 2. The van der Waals surface area contributed by atoms with Crippen LogP contribution in [0.4, 0.5) is 0 Å². The molecule has 0 bridgehead atoms. The van der Waals surface area contributed by atoms with Gasteiger partial charge in [-0.1, -0.05) is 60.7 Å². The van der Waals surface area contributed by atoms with Gasteiger partial charge < -0.3 is 10.4 Å². The molecule has 2 aromatic carbocycles. The molecule has 0 unspecified atom stereocenters. The zero-order chi connectivity index (χ0) is 14.2. The van der Waals surface area contributed by atoms with E-state index in [0.717, 1.165) is 11.1 Å². The summed E-state index contributed by atoms with van der Waals surface area (Å²) in [6.07, 6.45) is 5.51. The number of hydrogen-bond donors (Lipinski definition) is 0. The largest absolute Gasteiger partial charge is 0.561 e. The molecule has 0 aromatic heterocycles. The molecular formula is C16H14N2O2. The summed E-state index contributed by atoms with van der Waals surface area (Å²) in [5.74, 6) is 0. The van der Waals surface area contributed by atoms with Crippen LogP contribution in [0.25, 0.3) is 12.2 Å². The van der Waals surface area contributed by atoms with Gasteiger partial charge in [0.2, 0.25) is 0 Å². The van der Waals surface area contributed by atoms with Crippen LogP contribution >= 0.6 is 0 Å². The molecule has 0 atom stereocenters. The second-order valence-corrected chi connectivity index (χ2v) is 4.06. The summed E-state index contributed by atoms with van der Waals surface area (Å²) in [5, 5.41) is 23.1. The summed E-state index contributed by atoms with van der Waals surface area (Å²) in [4.78, 5) is 0.457. The van der Waals surface area contributed by atoms with E-state index in [1.165, 1.54) is 12.4 Å². The molecule has 0 aliphatic heterocycles. The van der Waals surface area contributed by atoms with Crippen molar-refractivity contribution in [3.8, 4) is 0 Å². The first-order valence-electron chi connectivity index (χ1n) is 6.15. The third-order valence-corrected chi connectivity index (χ3v) is 2.58. The number of azo groups is 1. The second kappa shape index (κ2) is 6.89. The van der Waals surface area contributed by atoms with E-state index in [0.29, 0.717) is 0 Å². The molecule has 2 rings (SSSR count). The lowest BCUT2D eigenvalue weighted by atomic mass is 10.2. The average Bonchev–Trinajstić information content (AvgIpc) is 2.52. The van der Waals surface area contributed by atoms with Gasteiger partial charge >= 0.3 is 0 Å². The lowest BCUT2D eigenvalue weighted by Gasteiger charge is -1.95. The molecule has 0 amide bonds. The van der Waals surface area contributed by atoms with Crippen LogP contribution in [0.1, 0.15) is 11.1 Å². The van der Waals surface area contributed by atoms with Gasteiger partial charge in [-0.25, -0.2) is 0 Å². The summed E-state index contributed by atoms with van der Waals surface area (Å²) in [5.41, 5.74) is 1.71. The maximum Gasteiger partial charge on any atom is 0.253 e. The third-order valence-electron chi connectivity index (χ3n) is 2.58. The molecule has 0 saturated carbocycles. The predicted molar refractivity (Wildman–Crippen MR) is 78.2 cm³/mol. The van der Waals surface area contributed by atoms with Crippen molar-refractivity contribution in [2.24, 2.45) is 0 Å². The van der Waals surface area contributed by atoms with Crippen molar-refractivity contribution in [3.63, 3.8) is 0 Å². The third kappa shape index (κ3) is 4.10. The molecule has 4 heteroatoms. The van der Waals surface area contributed by atoms with E-state index in [9.17, 15) is 10.4 Å². The van der Waals surface area contributed by atoms with Crippen molar-refractivity contribution in [2.75, 3.05) is 0 Å². The summed E-state index contributed by atoms with van der Waals surface area (Å²) in [7, 11) is 0. The number of nitrogens with zero attached hydrogens (tertiary/aromatic N) is 2. The van der Waals surface area contributed by atoms with Gasteiger partial charge in [0.25, 0.3) is 12.4 Å². The fourth-order valence-electron chi connectivity index (χ4n) is 1.56. The highest BCUT2D eigenvalue weighted by molar-refractivity contribution is 5.47. The van der Waals surface area contributed by atoms with E-state index in [-0.39, 0.29) is 9.72 Å². The van der Waals surface area contributed by atoms with Gasteiger partial charge in [0.1, 0.15) is 0 Å². The minimum absolute atomic E-state index is 0.229. The second-order valence-electron chi connectivity index (χ2n) is 4.06. The molecule has 0 saturated heterocycles. The Morgan fingerprint density at radius 3 is 1.30 bits per heavy atom. The van der Waals surface area contributed by atoms with Gasteiger partial charge in [-0.05, 0) is 11.1 Å². The lowest BCUT2D eigenvalue weighted by Crippen LogP contribution is -2.05. The molecule has 0 fully saturated rings. The van der Waals surface area contributed by atoms with Crippen LogP contribution in [0, 0.1) is 10.4 Å². The molecule has 100 valence electrons. The van der Waals surface area contributed by atoms with Crippen LogP contribution in [0.15, 0.2) is 73.1 Å². The van der Waals surface area contributed by atoms with E-state index in [1.54, 1.807) is 12.2 Å². The van der Waals surface area contributed by atoms with Gasteiger partial charge in [0, 0.05) is 12.2 Å². The quantitative estimate of drug-likeness (QED) is 0.480. The van der Waals surface area contributed by atoms with E-state index in [1.807, 2.05) is 60.7 Å². The molecule has 2 aromatic rings. The Bertz CT molecular complexity index is 575. The van der Waals surface area contributed by atoms with Gasteiger partial charge in [-0.2, -0.15) is 0 Å². The Kier molecular flexibility index (Phi) is 4.67. The topological polar surface area (TPSA) is 52.1 Å². The van der Waals surface area contributed by atoms with Gasteiger partial charge in [-0.15, -0.1) is 0 Å². The Morgan fingerprint density at radius 2 is 0.950 bits per heavy atom. The zero-order valence-corrected chi connectivity index (χ0v) is 10.8. The van der Waals surface area contributed by atoms with Crippen LogP contribution in [-0.2, 0) is 0 Å². The average molecular weight is 266 g/mol. The monoisotopic (exact) mass is 266 g/mol. The Hall–Kier alpha value is -2.88. The summed E-state index contributed by atoms with van der Waals surface area (Å²) in [6.45, 7) is 0. The van der Waals surface area contributed by atoms with Crippen LogP contribution in [0.5, 0.6) is 0 Å². The van der Waals surface area contributed by atoms with Crippen molar-refractivity contribution in [2.45, 2.75) is 0 Å². The van der Waals surface area contributed by atoms with E-state index in [2.05, 4.69) is 0 Å². The Morgan fingerprint density at radius 1 is 0.600 bits per heavy atom. The maximum atomic E-state index is 11.5. The minimum atomic E-state index is 0.229. The van der Waals surface area contributed by atoms with Gasteiger partial charge in [-0.3, -0.25) is 0 Å². The normalized spacial score (nSPS) is 12.8. The molecule has 0 heterocycles. The molecular weight excluding hydrogens is 252 g/mol. The highest BCUT2D eigenvalue weighted by atomic mass is 16.6. The predicted octanol–water partition coefficient (Wildman–Crippen LogP) is 3.80. The van der Waals surface area contributed by atoms with Crippen molar-refractivity contribution in [1.82, 2.24) is 0 Å². The van der Waals surface area contributed by atoms with Crippen molar-refractivity contribution in [3.05, 3.63) is 94.6 Å². The Labute approximate surface area is 117 Å². The zero-order valence-electron chi connectivity index (χ0n) is 10.8. The van der Waals surface area contributed by atoms with Crippen LogP contribution in [-0.4, -0.2) is 9.72 Å². The number of hydroxylamine groups is 2. The van der Waals surface area contributed by atoms with E-state index < -0.39 is 0 Å². The molecule has 20 heavy (non-hydrogen) atoms. The van der Waals surface area contributed by atoms with Crippen LogP contribution in [0.3, 0.4) is 0 Å². The van der Waals surface area contributed by atoms with Crippen LogP contribution < -0.4 is 0 Å². The summed E-state index contributed by atoms with van der Waals surface area (Å²) in [6, 6.07) is 18.6. The SMILES string of the molecule is [O-][N+](/C=C\c1ccccc1)=[N+]([O-])/C=C\c1ccccc1. The van der Waals surface area contributed by atoms with Crippen molar-refractivity contribution in [1.29, 1.82) is 0 Å². The lowest BCUT2D eigenvalue weighted by molar-refractivity contribution is -0.911. The molecule has 0 N–H and O–H groups in total. The summed E-state index contributed by atoms with van der Waals surface area (Å²) >= 11 is 0. The van der Waals surface area contributed by atoms with E-state index >= 15 is 0 Å². The van der Waals surface area contributed by atoms with Crippen molar-refractivity contribution < 1.29 is 9.72 Å². The minimum Gasteiger partial charge on any atom is -0.561 e. The molecule has 0 aliphatic rings. The van der Waals surface area contributed by atoms with Gasteiger partial charge in [0.05, 0.1) is 9.72 Å². The summed E-state index contributed by atoms with van der Waals surface area (Å²) < 4.78 is 0. The maximum absolute atomic E-state index is 11.5. The molecule has 0 spiro atoms. The standard InChI is InChI=1S/C16H14N2O2/c19-17(13-11-15-7-3-1-4-8-15)18(20)14-12-16-9-5-2-6-10-16/h1-14H/b13-11-,14-12-,18-17-. The molecule has 0 radical (unpaired) electrons. The number of benzene rings is 2. The molecule has 0 aliphatic carbocycles. The first-order chi connectivity index (χ1) is 9.75. The highest BCUT2D eigenvalue weighted by Crippen LogP contribution is 2.02. The Balaban J connectivity index is 2.08.